The molecule has 0 saturated carbocycles. The van der Waals surface area contributed by atoms with Crippen molar-refractivity contribution in [1.29, 1.82) is 0 Å². The van der Waals surface area contributed by atoms with Crippen molar-refractivity contribution in [2.75, 3.05) is 14.2 Å². The van der Waals surface area contributed by atoms with Crippen molar-refractivity contribution >= 4 is 11.9 Å². The zero-order chi connectivity index (χ0) is 15.3. The first-order valence-electron chi connectivity index (χ1n) is 6.15. The lowest BCUT2D eigenvalue weighted by Crippen LogP contribution is -2.35. The number of rotatable bonds is 6. The maximum absolute atomic E-state index is 11.7. The number of ether oxygens (including phenoxy) is 2. The third kappa shape index (κ3) is 3.63. The second-order valence-corrected chi connectivity index (χ2v) is 4.40. The van der Waals surface area contributed by atoms with Gasteiger partial charge >= 0.3 is 5.97 Å². The van der Waals surface area contributed by atoms with Crippen LogP contribution in [-0.2, 0) is 9.59 Å². The minimum absolute atomic E-state index is 0.370. The molecule has 0 saturated heterocycles. The van der Waals surface area contributed by atoms with Gasteiger partial charge in [0.25, 0.3) is 0 Å². The first-order chi connectivity index (χ1) is 9.40. The van der Waals surface area contributed by atoms with Crippen molar-refractivity contribution < 1.29 is 24.2 Å². The standard InChI is InChI=1S/C14H19NO5/c1-8(14(17)18)13(16)15-9(2)11-6-5-10(19-3)7-12(11)20-4/h5-9H,1-4H3,(H,15,16)(H,17,18). The molecule has 2 atom stereocenters. The maximum Gasteiger partial charge on any atom is 0.315 e. The summed E-state index contributed by atoms with van der Waals surface area (Å²) in [5.74, 6) is -1.58. The summed E-state index contributed by atoms with van der Waals surface area (Å²) >= 11 is 0. The number of hydrogen-bond acceptors (Lipinski definition) is 4. The summed E-state index contributed by atoms with van der Waals surface area (Å²) in [5, 5.41) is 11.5. The molecule has 0 fully saturated rings. The van der Waals surface area contributed by atoms with E-state index in [1.807, 2.05) is 0 Å². The van der Waals surface area contributed by atoms with Crippen molar-refractivity contribution in [3.8, 4) is 11.5 Å². The van der Waals surface area contributed by atoms with Crippen LogP contribution in [0.15, 0.2) is 18.2 Å². The van der Waals surface area contributed by atoms with Crippen molar-refractivity contribution in [2.45, 2.75) is 19.9 Å². The molecule has 110 valence electrons. The van der Waals surface area contributed by atoms with Crippen molar-refractivity contribution in [3.63, 3.8) is 0 Å². The smallest absolute Gasteiger partial charge is 0.315 e. The zero-order valence-corrected chi connectivity index (χ0v) is 12.0. The Balaban J connectivity index is 2.89. The Labute approximate surface area is 117 Å². The summed E-state index contributed by atoms with van der Waals surface area (Å²) < 4.78 is 10.3. The van der Waals surface area contributed by atoms with E-state index in [1.54, 1.807) is 32.2 Å². The number of carbonyl (C=O) groups is 2. The molecule has 6 nitrogen and oxygen atoms in total. The molecule has 2 N–H and O–H groups in total. The monoisotopic (exact) mass is 281 g/mol. The van der Waals surface area contributed by atoms with E-state index in [0.717, 1.165) is 5.56 Å². The van der Waals surface area contributed by atoms with Crippen LogP contribution in [0.3, 0.4) is 0 Å². The molecule has 0 radical (unpaired) electrons. The minimum Gasteiger partial charge on any atom is -0.497 e. The van der Waals surface area contributed by atoms with Crippen LogP contribution in [0, 0.1) is 5.92 Å². The Kier molecular flexibility index (Phi) is 5.37. The van der Waals surface area contributed by atoms with E-state index in [4.69, 9.17) is 14.6 Å². The van der Waals surface area contributed by atoms with Crippen LogP contribution >= 0.6 is 0 Å². The lowest BCUT2D eigenvalue weighted by Gasteiger charge is -2.19. The predicted octanol–water partition coefficient (Wildman–Crippen LogP) is 1.60. The van der Waals surface area contributed by atoms with Crippen LogP contribution in [0.4, 0.5) is 0 Å². The maximum atomic E-state index is 11.7. The fraction of sp³-hybridized carbons (Fsp3) is 0.429. The van der Waals surface area contributed by atoms with E-state index < -0.39 is 17.8 Å². The van der Waals surface area contributed by atoms with E-state index in [0.29, 0.717) is 11.5 Å². The summed E-state index contributed by atoms with van der Waals surface area (Å²) in [6.45, 7) is 3.10. The summed E-state index contributed by atoms with van der Waals surface area (Å²) in [7, 11) is 3.07. The Morgan fingerprint density at radius 3 is 2.35 bits per heavy atom. The fourth-order valence-electron chi connectivity index (χ4n) is 1.70. The first-order valence-corrected chi connectivity index (χ1v) is 6.15. The summed E-state index contributed by atoms with van der Waals surface area (Å²) in [6.07, 6.45) is 0. The molecule has 1 amide bonds. The molecule has 0 aliphatic heterocycles. The van der Waals surface area contributed by atoms with Crippen LogP contribution in [-0.4, -0.2) is 31.2 Å². The summed E-state index contributed by atoms with van der Waals surface area (Å²) in [5.41, 5.74) is 0.749. The Hall–Kier alpha value is -2.24. The van der Waals surface area contributed by atoms with Gasteiger partial charge in [0, 0.05) is 11.6 Å². The average molecular weight is 281 g/mol. The molecule has 0 aliphatic rings. The molecule has 1 rings (SSSR count). The molecular formula is C14H19NO5. The van der Waals surface area contributed by atoms with Gasteiger partial charge in [-0.25, -0.2) is 0 Å². The lowest BCUT2D eigenvalue weighted by molar-refractivity contribution is -0.146. The number of benzene rings is 1. The highest BCUT2D eigenvalue weighted by Crippen LogP contribution is 2.29. The first kappa shape index (κ1) is 15.8. The molecule has 1 aromatic rings. The summed E-state index contributed by atoms with van der Waals surface area (Å²) in [6, 6.07) is 4.86. The normalized spacial score (nSPS) is 13.2. The second kappa shape index (κ2) is 6.79. The predicted molar refractivity (Wildman–Crippen MR) is 72.9 cm³/mol. The van der Waals surface area contributed by atoms with E-state index in [-0.39, 0.29) is 6.04 Å². The van der Waals surface area contributed by atoms with Gasteiger partial charge in [-0.3, -0.25) is 9.59 Å². The Morgan fingerprint density at radius 1 is 1.20 bits per heavy atom. The molecule has 0 spiro atoms. The number of amides is 1. The molecule has 0 bridgehead atoms. The van der Waals surface area contributed by atoms with Crippen LogP contribution < -0.4 is 14.8 Å². The number of nitrogens with one attached hydrogen (secondary N) is 1. The topological polar surface area (TPSA) is 84.9 Å². The highest BCUT2D eigenvalue weighted by Gasteiger charge is 2.23. The number of carboxylic acids is 1. The molecule has 20 heavy (non-hydrogen) atoms. The van der Waals surface area contributed by atoms with Gasteiger partial charge in [0.1, 0.15) is 17.4 Å². The van der Waals surface area contributed by atoms with Crippen LogP contribution in [0.5, 0.6) is 11.5 Å². The van der Waals surface area contributed by atoms with E-state index >= 15 is 0 Å². The van der Waals surface area contributed by atoms with Crippen LogP contribution in [0.2, 0.25) is 0 Å². The second-order valence-electron chi connectivity index (χ2n) is 4.40. The van der Waals surface area contributed by atoms with Crippen molar-refractivity contribution in [1.82, 2.24) is 5.32 Å². The SMILES string of the molecule is COc1ccc(C(C)NC(=O)C(C)C(=O)O)c(OC)c1. The third-order valence-electron chi connectivity index (χ3n) is 3.03. The molecule has 0 aliphatic carbocycles. The largest absolute Gasteiger partial charge is 0.497 e. The molecular weight excluding hydrogens is 262 g/mol. The van der Waals surface area contributed by atoms with E-state index in [9.17, 15) is 9.59 Å². The van der Waals surface area contributed by atoms with Gasteiger partial charge in [0.05, 0.1) is 20.3 Å². The number of carboxylic acid groups (broad SMARTS) is 1. The van der Waals surface area contributed by atoms with Crippen LogP contribution in [0.25, 0.3) is 0 Å². The molecule has 0 heterocycles. The van der Waals surface area contributed by atoms with Crippen molar-refractivity contribution in [3.05, 3.63) is 23.8 Å². The number of hydrogen-bond donors (Lipinski definition) is 2. The molecule has 2 unspecified atom stereocenters. The highest BCUT2D eigenvalue weighted by atomic mass is 16.5. The quantitative estimate of drug-likeness (QED) is 0.774. The number of methoxy groups -OCH3 is 2. The molecule has 0 aromatic heterocycles. The van der Waals surface area contributed by atoms with Gasteiger partial charge in [0.2, 0.25) is 5.91 Å². The van der Waals surface area contributed by atoms with Crippen LogP contribution in [0.1, 0.15) is 25.5 Å². The van der Waals surface area contributed by atoms with Gasteiger partial charge < -0.3 is 19.9 Å². The van der Waals surface area contributed by atoms with Gasteiger partial charge in [-0.2, -0.15) is 0 Å². The van der Waals surface area contributed by atoms with Gasteiger partial charge in [-0.15, -0.1) is 0 Å². The number of carbonyl (C=O) groups excluding carboxylic acids is 1. The Bertz CT molecular complexity index is 500. The summed E-state index contributed by atoms with van der Waals surface area (Å²) in [4.78, 5) is 22.5. The van der Waals surface area contributed by atoms with Gasteiger partial charge in [-0.05, 0) is 26.0 Å². The fourth-order valence-corrected chi connectivity index (χ4v) is 1.70. The minimum atomic E-state index is -1.16. The lowest BCUT2D eigenvalue weighted by atomic mass is 10.1. The molecule has 6 heteroatoms. The highest BCUT2D eigenvalue weighted by molar-refractivity contribution is 5.96. The van der Waals surface area contributed by atoms with Gasteiger partial charge in [-0.1, -0.05) is 0 Å². The Morgan fingerprint density at radius 2 is 1.85 bits per heavy atom. The van der Waals surface area contributed by atoms with Gasteiger partial charge in [0.15, 0.2) is 0 Å². The van der Waals surface area contributed by atoms with E-state index in [1.165, 1.54) is 14.0 Å². The van der Waals surface area contributed by atoms with Crippen molar-refractivity contribution in [2.24, 2.45) is 5.92 Å². The number of aliphatic carboxylic acids is 1. The van der Waals surface area contributed by atoms with E-state index in [2.05, 4.69) is 5.32 Å². The third-order valence-corrected chi connectivity index (χ3v) is 3.03. The molecule has 1 aromatic carbocycles. The zero-order valence-electron chi connectivity index (χ0n) is 12.0. The average Bonchev–Trinajstić information content (AvgIpc) is 2.45.